The Bertz CT molecular complexity index is 1600. The number of hydrogen-bond acceptors (Lipinski definition) is 7. The molecule has 2 aliphatic rings. The molecule has 0 spiro atoms. The lowest BCUT2D eigenvalue weighted by molar-refractivity contribution is 0.320. The van der Waals surface area contributed by atoms with Gasteiger partial charge in [0.25, 0.3) is 0 Å². The molecule has 1 aromatic carbocycles. The molecule has 3 heterocycles. The van der Waals surface area contributed by atoms with Crippen LogP contribution in [0.1, 0.15) is 55.5 Å². The van der Waals surface area contributed by atoms with Crippen molar-refractivity contribution in [1.29, 1.82) is 10.5 Å². The van der Waals surface area contributed by atoms with Crippen molar-refractivity contribution < 1.29 is 13.2 Å². The fourth-order valence-corrected chi connectivity index (χ4v) is 5.99. The van der Waals surface area contributed by atoms with E-state index in [1.807, 2.05) is 19.1 Å². The monoisotopic (exact) mass is 514 g/mol. The molecule has 1 aliphatic heterocycles. The maximum absolute atomic E-state index is 12.2. The summed E-state index contributed by atoms with van der Waals surface area (Å²) in [6, 6.07) is 13.1. The summed E-state index contributed by atoms with van der Waals surface area (Å²) in [6.45, 7) is 2.08. The zero-order chi connectivity index (χ0) is 26.0. The van der Waals surface area contributed by atoms with Gasteiger partial charge in [-0.25, -0.2) is 18.1 Å². The normalized spacial score (nSPS) is 17.6. The predicted octanol–water partition coefficient (Wildman–Crippen LogP) is 4.35. The van der Waals surface area contributed by atoms with Crippen molar-refractivity contribution in [3.05, 3.63) is 65.5 Å². The summed E-state index contributed by atoms with van der Waals surface area (Å²) in [5.41, 5.74) is 3.11. The molecular formula is C27H26N6O3S. The first-order valence-corrected chi connectivity index (χ1v) is 13.9. The average molecular weight is 515 g/mol. The Morgan fingerprint density at radius 2 is 2.05 bits per heavy atom. The molecular weight excluding hydrogens is 488 g/mol. The largest absolute Gasteiger partial charge is 0.438 e. The molecule has 2 aromatic heterocycles. The molecule has 9 nitrogen and oxygen atoms in total. The maximum atomic E-state index is 12.2. The van der Waals surface area contributed by atoms with Crippen LogP contribution in [0, 0.1) is 22.7 Å². The number of ether oxygens (including phenoxy) is 1. The van der Waals surface area contributed by atoms with Crippen molar-refractivity contribution >= 4 is 26.6 Å². The minimum absolute atomic E-state index is 0.0706. The number of nitrogens with one attached hydrogen (secondary N) is 1. The fourth-order valence-electron chi connectivity index (χ4n) is 4.72. The number of aromatic nitrogens is 2. The van der Waals surface area contributed by atoms with Gasteiger partial charge in [-0.1, -0.05) is 13.0 Å². The summed E-state index contributed by atoms with van der Waals surface area (Å²) in [5.74, 6) is 0.813. The third-order valence-corrected chi connectivity index (χ3v) is 8.23. The van der Waals surface area contributed by atoms with Crippen molar-refractivity contribution in [3.8, 4) is 23.8 Å². The fraction of sp³-hybridized carbons (Fsp3) is 0.333. The summed E-state index contributed by atoms with van der Waals surface area (Å²) >= 11 is 0. The van der Waals surface area contributed by atoms with Gasteiger partial charge in [-0.3, -0.25) is 4.99 Å². The molecule has 0 bridgehead atoms. The Morgan fingerprint density at radius 3 is 2.70 bits per heavy atom. The lowest BCUT2D eigenvalue weighted by Gasteiger charge is -2.30. The molecule has 37 heavy (non-hydrogen) atoms. The minimum atomic E-state index is -3.37. The molecule has 0 saturated heterocycles. The van der Waals surface area contributed by atoms with E-state index in [0.717, 1.165) is 35.9 Å². The molecule has 1 fully saturated rings. The van der Waals surface area contributed by atoms with Crippen molar-refractivity contribution in [2.45, 2.75) is 44.7 Å². The topological polar surface area (TPSA) is 133 Å². The van der Waals surface area contributed by atoms with Crippen LogP contribution in [0.5, 0.6) is 11.6 Å². The molecule has 1 aliphatic carbocycles. The van der Waals surface area contributed by atoms with Crippen LogP contribution in [0.25, 0.3) is 10.9 Å². The second-order valence-electron chi connectivity index (χ2n) is 9.17. The van der Waals surface area contributed by atoms with Crippen LogP contribution in [0.2, 0.25) is 0 Å². The van der Waals surface area contributed by atoms with Crippen LogP contribution < -0.4 is 9.46 Å². The summed E-state index contributed by atoms with van der Waals surface area (Å²) < 4.78 is 35.2. The molecule has 0 radical (unpaired) electrons. The van der Waals surface area contributed by atoms with Crippen LogP contribution in [0.4, 0.5) is 0 Å². The highest BCUT2D eigenvalue weighted by Gasteiger charge is 2.30. The SMILES string of the molecule is CCCS(=O)(=O)NC1C=CC(c2c(C#N)c3ccc(Oc4ncccc4C#N)cc3n2C2CCC2)=NC1. The zero-order valence-corrected chi connectivity index (χ0v) is 21.2. The number of aliphatic imine (C=N–C) groups is 1. The summed E-state index contributed by atoms with van der Waals surface area (Å²) in [4.78, 5) is 8.88. The van der Waals surface area contributed by atoms with E-state index >= 15 is 0 Å². The number of benzene rings is 1. The molecule has 1 unspecified atom stereocenters. The molecule has 0 amide bonds. The highest BCUT2D eigenvalue weighted by Crippen LogP contribution is 2.40. The third kappa shape index (κ3) is 4.86. The van der Waals surface area contributed by atoms with Gasteiger partial charge in [0.2, 0.25) is 15.9 Å². The van der Waals surface area contributed by atoms with Crippen molar-refractivity contribution in [3.63, 3.8) is 0 Å². The average Bonchev–Trinajstić information content (AvgIpc) is 3.16. The molecule has 10 heteroatoms. The molecule has 1 atom stereocenters. The van der Waals surface area contributed by atoms with Crippen LogP contribution in [-0.4, -0.2) is 42.0 Å². The predicted molar refractivity (Wildman–Crippen MR) is 140 cm³/mol. The second-order valence-corrected chi connectivity index (χ2v) is 11.0. The zero-order valence-electron chi connectivity index (χ0n) is 20.4. The van der Waals surface area contributed by atoms with Gasteiger partial charge in [-0.15, -0.1) is 0 Å². The Hall–Kier alpha value is -3.99. The van der Waals surface area contributed by atoms with Gasteiger partial charge in [-0.05, 0) is 56.0 Å². The van der Waals surface area contributed by atoms with Gasteiger partial charge in [0.05, 0.1) is 40.8 Å². The molecule has 5 rings (SSSR count). The van der Waals surface area contributed by atoms with Crippen LogP contribution in [-0.2, 0) is 10.0 Å². The van der Waals surface area contributed by atoms with Gasteiger partial charge in [0.15, 0.2) is 0 Å². The third-order valence-electron chi connectivity index (χ3n) is 6.62. The number of dihydropyridines is 1. The van der Waals surface area contributed by atoms with Crippen molar-refractivity contribution in [2.75, 3.05) is 12.3 Å². The van der Waals surface area contributed by atoms with E-state index in [2.05, 4.69) is 26.4 Å². The minimum Gasteiger partial charge on any atom is -0.438 e. The van der Waals surface area contributed by atoms with Gasteiger partial charge in [0.1, 0.15) is 23.5 Å². The number of allylic oxidation sites excluding steroid dienone is 1. The van der Waals surface area contributed by atoms with Gasteiger partial charge < -0.3 is 9.30 Å². The summed E-state index contributed by atoms with van der Waals surface area (Å²) in [7, 11) is -3.37. The molecule has 1 saturated carbocycles. The van der Waals surface area contributed by atoms with Crippen LogP contribution in [0.15, 0.2) is 53.7 Å². The first-order valence-electron chi connectivity index (χ1n) is 12.3. The number of fused-ring (bicyclic) bond motifs is 1. The first-order chi connectivity index (χ1) is 17.9. The van der Waals surface area contributed by atoms with E-state index in [4.69, 9.17) is 9.73 Å². The summed E-state index contributed by atoms with van der Waals surface area (Å²) in [5, 5.41) is 20.3. The highest BCUT2D eigenvalue weighted by molar-refractivity contribution is 7.89. The number of pyridine rings is 1. The van der Waals surface area contributed by atoms with E-state index in [1.54, 1.807) is 36.5 Å². The smallest absolute Gasteiger partial charge is 0.237 e. The van der Waals surface area contributed by atoms with Gasteiger partial charge >= 0.3 is 0 Å². The Balaban J connectivity index is 1.54. The van der Waals surface area contributed by atoms with E-state index in [-0.39, 0.29) is 24.2 Å². The standard InChI is InChI=1S/C27H26N6O3S/c1-2-13-37(34,35)32-19-8-11-24(31-17-19)26-23(16-29)22-10-9-21(14-25(22)33(26)20-6-3-7-20)36-27-18(15-28)5-4-12-30-27/h4-5,8-12,14,19-20,32H,2-3,6-7,13,17H2,1H3. The van der Waals surface area contributed by atoms with Crippen molar-refractivity contribution in [1.82, 2.24) is 14.3 Å². The Kier molecular flexibility index (Phi) is 6.79. The van der Waals surface area contributed by atoms with E-state index < -0.39 is 16.1 Å². The number of sulfonamides is 1. The van der Waals surface area contributed by atoms with Crippen LogP contribution >= 0.6 is 0 Å². The van der Waals surface area contributed by atoms with Crippen LogP contribution in [0.3, 0.4) is 0 Å². The van der Waals surface area contributed by atoms with Gasteiger partial charge in [0, 0.05) is 23.7 Å². The Labute approximate surface area is 215 Å². The lowest BCUT2D eigenvalue weighted by atomic mass is 9.92. The summed E-state index contributed by atoms with van der Waals surface area (Å²) in [6.07, 6.45) is 8.79. The second kappa shape index (κ2) is 10.2. The highest BCUT2D eigenvalue weighted by atomic mass is 32.2. The lowest BCUT2D eigenvalue weighted by Crippen LogP contribution is -2.38. The van der Waals surface area contributed by atoms with Gasteiger partial charge in [-0.2, -0.15) is 10.5 Å². The quantitative estimate of drug-likeness (QED) is 0.475. The number of hydrogen-bond donors (Lipinski definition) is 1. The van der Waals surface area contributed by atoms with Crippen molar-refractivity contribution in [2.24, 2.45) is 4.99 Å². The van der Waals surface area contributed by atoms with E-state index in [9.17, 15) is 18.9 Å². The number of rotatable bonds is 8. The number of nitrogens with zero attached hydrogens (tertiary/aromatic N) is 5. The number of nitriles is 2. The van der Waals surface area contributed by atoms with E-state index in [0.29, 0.717) is 29.0 Å². The molecule has 3 aromatic rings. The molecule has 1 N–H and O–H groups in total. The Morgan fingerprint density at radius 1 is 1.22 bits per heavy atom. The van der Waals surface area contributed by atoms with E-state index in [1.165, 1.54) is 0 Å². The maximum Gasteiger partial charge on any atom is 0.237 e. The molecule has 188 valence electrons. The first kappa shape index (κ1) is 24.7.